The predicted molar refractivity (Wildman–Crippen MR) is 119 cm³/mol. The van der Waals surface area contributed by atoms with Gasteiger partial charge in [0.2, 0.25) is 0 Å². The highest BCUT2D eigenvalue weighted by Gasteiger charge is 2.20. The summed E-state index contributed by atoms with van der Waals surface area (Å²) in [7, 11) is 0. The van der Waals surface area contributed by atoms with Crippen LogP contribution in [0.2, 0.25) is 10.0 Å². The van der Waals surface area contributed by atoms with Gasteiger partial charge in [0, 0.05) is 22.6 Å². The van der Waals surface area contributed by atoms with Crippen LogP contribution in [0.1, 0.15) is 23.2 Å². The largest absolute Gasteiger partial charge is 0.507 e. The summed E-state index contributed by atoms with van der Waals surface area (Å²) >= 11 is 13.8. The van der Waals surface area contributed by atoms with Crippen molar-refractivity contribution < 1.29 is 14.6 Å². The first kappa shape index (κ1) is 20.9. The maximum absolute atomic E-state index is 11.7. The fourth-order valence-corrected chi connectivity index (χ4v) is 4.77. The van der Waals surface area contributed by atoms with E-state index in [4.69, 9.17) is 38.7 Å². The number of nitrogens with two attached hydrogens (primary N) is 1. The first-order valence-electron chi connectivity index (χ1n) is 9.35. The molecule has 1 aliphatic heterocycles. The topological polar surface area (TPSA) is 89.8 Å². The number of carbonyl (C=O) groups excluding carboxylic acids is 1. The fourth-order valence-electron chi connectivity index (χ4n) is 3.39. The second-order valence-electron chi connectivity index (χ2n) is 6.95. The number of hydrogen-bond donors (Lipinski definition) is 2. The third kappa shape index (κ3) is 4.39. The SMILES string of the molecule is NC(=O)c1cc(-c2csc(=Nc3ccc(Cl)cc3Cl)n2CC2CCCO2)ccc1O. The Morgan fingerprint density at radius 2 is 2.13 bits per heavy atom. The molecule has 0 radical (unpaired) electrons. The molecule has 3 N–H and O–H groups in total. The number of benzene rings is 2. The normalized spacial score (nSPS) is 16.9. The number of hydrogen-bond acceptors (Lipinski definition) is 5. The van der Waals surface area contributed by atoms with Crippen LogP contribution in [0.15, 0.2) is 46.8 Å². The highest BCUT2D eigenvalue weighted by molar-refractivity contribution is 7.07. The Hall–Kier alpha value is -2.32. The van der Waals surface area contributed by atoms with E-state index in [9.17, 15) is 9.90 Å². The standard InChI is InChI=1S/C21H19Cl2N3O3S/c22-13-4-5-17(16(23)9-13)25-21-26(10-14-2-1-7-29-14)18(11-30-21)12-3-6-19(27)15(8-12)20(24)28/h3-6,8-9,11,14,27H,1-2,7,10H2,(H2,24,28). The van der Waals surface area contributed by atoms with Gasteiger partial charge in [-0.1, -0.05) is 23.2 Å². The number of aromatic hydroxyl groups is 1. The molecule has 1 fully saturated rings. The number of ether oxygens (including phenoxy) is 1. The number of rotatable bonds is 5. The van der Waals surface area contributed by atoms with Gasteiger partial charge in [0.1, 0.15) is 5.75 Å². The lowest BCUT2D eigenvalue weighted by Crippen LogP contribution is -2.24. The van der Waals surface area contributed by atoms with Crippen molar-refractivity contribution in [2.75, 3.05) is 6.61 Å². The highest BCUT2D eigenvalue weighted by Crippen LogP contribution is 2.30. The summed E-state index contributed by atoms with van der Waals surface area (Å²) in [6.45, 7) is 1.35. The maximum atomic E-state index is 11.7. The van der Waals surface area contributed by atoms with Crippen LogP contribution in [0, 0.1) is 0 Å². The number of amides is 1. The van der Waals surface area contributed by atoms with Gasteiger partial charge < -0.3 is 20.1 Å². The Kier molecular flexibility index (Phi) is 6.15. The van der Waals surface area contributed by atoms with E-state index in [-0.39, 0.29) is 17.4 Å². The van der Waals surface area contributed by atoms with Crippen molar-refractivity contribution in [3.05, 3.63) is 62.2 Å². The molecule has 1 atom stereocenters. The summed E-state index contributed by atoms with van der Waals surface area (Å²) in [5.74, 6) is -0.835. The second-order valence-corrected chi connectivity index (χ2v) is 8.63. The van der Waals surface area contributed by atoms with Crippen molar-refractivity contribution >= 4 is 46.1 Å². The molecule has 4 rings (SSSR count). The number of phenols is 1. The van der Waals surface area contributed by atoms with Crippen molar-refractivity contribution in [2.24, 2.45) is 10.7 Å². The third-order valence-corrected chi connectivity index (χ3v) is 6.29. The second kappa shape index (κ2) is 8.81. The Bertz CT molecular complexity index is 1170. The quantitative estimate of drug-likeness (QED) is 0.572. The van der Waals surface area contributed by atoms with Crippen molar-refractivity contribution in [3.63, 3.8) is 0 Å². The van der Waals surface area contributed by atoms with Crippen LogP contribution in [0.3, 0.4) is 0 Å². The summed E-state index contributed by atoms with van der Waals surface area (Å²) in [5, 5.41) is 12.9. The first-order valence-corrected chi connectivity index (χ1v) is 11.0. The van der Waals surface area contributed by atoms with E-state index in [0.29, 0.717) is 22.3 Å². The molecule has 1 unspecified atom stereocenters. The van der Waals surface area contributed by atoms with E-state index in [0.717, 1.165) is 35.5 Å². The van der Waals surface area contributed by atoms with Crippen LogP contribution in [-0.4, -0.2) is 28.3 Å². The molecule has 2 aromatic carbocycles. The van der Waals surface area contributed by atoms with E-state index in [1.54, 1.807) is 30.3 Å². The van der Waals surface area contributed by atoms with Crippen LogP contribution in [-0.2, 0) is 11.3 Å². The Morgan fingerprint density at radius 3 is 2.83 bits per heavy atom. The van der Waals surface area contributed by atoms with Crippen molar-refractivity contribution in [1.29, 1.82) is 0 Å². The summed E-state index contributed by atoms with van der Waals surface area (Å²) in [6.07, 6.45) is 2.06. The average Bonchev–Trinajstić information content (AvgIpc) is 3.35. The molecular weight excluding hydrogens is 445 g/mol. The number of carbonyl (C=O) groups is 1. The Morgan fingerprint density at radius 1 is 1.30 bits per heavy atom. The molecule has 0 saturated carbocycles. The molecule has 0 aliphatic carbocycles. The molecule has 2 heterocycles. The third-order valence-electron chi connectivity index (χ3n) is 4.89. The molecule has 9 heteroatoms. The lowest BCUT2D eigenvalue weighted by atomic mass is 10.1. The molecule has 156 valence electrons. The molecule has 3 aromatic rings. The van der Waals surface area contributed by atoms with Crippen molar-refractivity contribution in [1.82, 2.24) is 4.57 Å². The lowest BCUT2D eigenvalue weighted by Gasteiger charge is -2.14. The zero-order valence-electron chi connectivity index (χ0n) is 15.8. The maximum Gasteiger partial charge on any atom is 0.252 e. The van der Waals surface area contributed by atoms with Gasteiger partial charge in [-0.25, -0.2) is 4.99 Å². The molecule has 0 bridgehead atoms. The summed E-state index contributed by atoms with van der Waals surface area (Å²) in [5.41, 5.74) is 7.68. The molecule has 1 amide bonds. The monoisotopic (exact) mass is 463 g/mol. The summed E-state index contributed by atoms with van der Waals surface area (Å²) in [4.78, 5) is 17.1. The minimum Gasteiger partial charge on any atom is -0.507 e. The first-order chi connectivity index (χ1) is 14.4. The van der Waals surface area contributed by atoms with Gasteiger partial charge >= 0.3 is 0 Å². The van der Waals surface area contributed by atoms with Crippen LogP contribution in [0.25, 0.3) is 11.3 Å². The molecule has 6 nitrogen and oxygen atoms in total. The van der Waals surface area contributed by atoms with E-state index < -0.39 is 5.91 Å². The molecule has 1 saturated heterocycles. The summed E-state index contributed by atoms with van der Waals surface area (Å²) in [6, 6.07) is 9.96. The van der Waals surface area contributed by atoms with Gasteiger partial charge in [-0.15, -0.1) is 11.3 Å². The van der Waals surface area contributed by atoms with Crippen LogP contribution >= 0.6 is 34.5 Å². The molecule has 30 heavy (non-hydrogen) atoms. The Labute approximate surface area is 187 Å². The number of halogens is 2. The zero-order valence-corrected chi connectivity index (χ0v) is 18.2. The minimum atomic E-state index is -0.687. The van der Waals surface area contributed by atoms with Crippen LogP contribution < -0.4 is 10.5 Å². The minimum absolute atomic E-state index is 0.0709. The van der Waals surface area contributed by atoms with Gasteiger partial charge in [-0.2, -0.15) is 0 Å². The van der Waals surface area contributed by atoms with E-state index in [1.807, 2.05) is 9.95 Å². The van der Waals surface area contributed by atoms with Crippen LogP contribution in [0.5, 0.6) is 5.75 Å². The predicted octanol–water partition coefficient (Wildman–Crippen LogP) is 4.74. The summed E-state index contributed by atoms with van der Waals surface area (Å²) < 4.78 is 7.87. The van der Waals surface area contributed by atoms with Gasteiger partial charge in [0.05, 0.1) is 34.6 Å². The molecule has 1 aromatic heterocycles. The van der Waals surface area contributed by atoms with Gasteiger partial charge in [-0.05, 0) is 49.2 Å². The number of thiazole rings is 1. The fraction of sp³-hybridized carbons (Fsp3) is 0.238. The molecule has 0 spiro atoms. The average molecular weight is 464 g/mol. The van der Waals surface area contributed by atoms with Crippen molar-refractivity contribution in [2.45, 2.75) is 25.5 Å². The highest BCUT2D eigenvalue weighted by atomic mass is 35.5. The molecule has 1 aliphatic rings. The van der Waals surface area contributed by atoms with Gasteiger partial charge in [-0.3, -0.25) is 4.79 Å². The van der Waals surface area contributed by atoms with Gasteiger partial charge in [0.15, 0.2) is 4.80 Å². The van der Waals surface area contributed by atoms with Crippen LogP contribution in [0.4, 0.5) is 5.69 Å². The lowest BCUT2D eigenvalue weighted by molar-refractivity contribution is 0.0967. The van der Waals surface area contributed by atoms with E-state index in [1.165, 1.54) is 17.4 Å². The number of aromatic nitrogens is 1. The zero-order chi connectivity index (χ0) is 21.3. The number of nitrogens with zero attached hydrogens (tertiary/aromatic N) is 2. The Balaban J connectivity index is 1.84. The molecular formula is C21H19Cl2N3O3S. The smallest absolute Gasteiger partial charge is 0.252 e. The van der Waals surface area contributed by atoms with Crippen molar-refractivity contribution in [3.8, 4) is 17.0 Å². The van der Waals surface area contributed by atoms with E-state index >= 15 is 0 Å². The van der Waals surface area contributed by atoms with E-state index in [2.05, 4.69) is 0 Å². The van der Waals surface area contributed by atoms with Gasteiger partial charge in [0.25, 0.3) is 5.91 Å². The number of primary amides is 1.